The van der Waals surface area contributed by atoms with Gasteiger partial charge in [-0.1, -0.05) is 10.8 Å². The van der Waals surface area contributed by atoms with Gasteiger partial charge in [-0.05, 0) is 60.3 Å². The molecule has 2 heterocycles. The molecule has 1 unspecified atom stereocenters. The molecule has 1 aliphatic heterocycles. The predicted octanol–water partition coefficient (Wildman–Crippen LogP) is 3.85. The summed E-state index contributed by atoms with van der Waals surface area (Å²) < 4.78 is 1.80. The van der Waals surface area contributed by atoms with E-state index in [0.29, 0.717) is 11.5 Å². The molecule has 2 aromatic carbocycles. The number of fused-ring (bicyclic) bond motifs is 1. The molecule has 0 radical (unpaired) electrons. The normalized spacial score (nSPS) is 17.9. The molecule has 3 aromatic rings. The third-order valence-electron chi connectivity index (χ3n) is 5.41. The quantitative estimate of drug-likeness (QED) is 0.630. The molecule has 1 saturated carbocycles. The van der Waals surface area contributed by atoms with Crippen molar-refractivity contribution in [1.82, 2.24) is 9.97 Å². The molecule has 6 nitrogen and oxygen atoms in total. The van der Waals surface area contributed by atoms with Crippen LogP contribution in [0, 0.1) is 17.2 Å². The zero-order chi connectivity index (χ0) is 19.8. The summed E-state index contributed by atoms with van der Waals surface area (Å²) in [5, 5.41) is 13.6. The lowest BCUT2D eigenvalue weighted by Gasteiger charge is -2.25. The van der Waals surface area contributed by atoms with Crippen LogP contribution in [0.5, 0.6) is 0 Å². The smallest absolute Gasteiger partial charge is 0.187 e. The molecule has 0 bridgehead atoms. The van der Waals surface area contributed by atoms with Gasteiger partial charge in [0.1, 0.15) is 5.92 Å². The zero-order valence-corrected chi connectivity index (χ0v) is 16.2. The Bertz CT molecular complexity index is 1190. The second-order valence-corrected chi connectivity index (χ2v) is 7.70. The number of rotatable bonds is 5. The highest BCUT2D eigenvalue weighted by atomic mass is 15.4. The summed E-state index contributed by atoms with van der Waals surface area (Å²) in [5.41, 5.74) is 5.42. The lowest BCUT2D eigenvalue weighted by molar-refractivity contribution is -0.494. The maximum absolute atomic E-state index is 9.30. The van der Waals surface area contributed by atoms with E-state index in [9.17, 15) is 5.26 Å². The van der Waals surface area contributed by atoms with Crippen LogP contribution in [-0.2, 0) is 0 Å². The fraction of sp³-hybridized carbons (Fsp3) is 0.261. The molecular weight excluding hydrogens is 360 g/mol. The molecule has 29 heavy (non-hydrogen) atoms. The van der Waals surface area contributed by atoms with Crippen LogP contribution < -0.4 is 4.90 Å². The van der Waals surface area contributed by atoms with Crippen LogP contribution in [0.2, 0.25) is 0 Å². The number of anilines is 2. The third-order valence-corrected chi connectivity index (χ3v) is 5.41. The molecule has 1 aromatic heterocycles. The van der Waals surface area contributed by atoms with E-state index in [1.54, 1.807) is 4.68 Å². The number of aromatic nitrogens is 2. The predicted molar refractivity (Wildman–Crippen MR) is 114 cm³/mol. The summed E-state index contributed by atoms with van der Waals surface area (Å²) in [6.45, 7) is 0.946. The molecule has 5 rings (SSSR count). The Morgan fingerprint density at radius 2 is 2.00 bits per heavy atom. The first-order valence-corrected chi connectivity index (χ1v) is 9.86. The standard InChI is InChI=1S/C23H21N6/c1-28-15-18(12-26-28)23-13-25-21-8-7-20(10-22(21)27-23)29(14-16-5-6-16)19-4-2-3-17(9-19)11-24/h2-4,7-10,12-13,15-16,18H,5-6,14H2,1H3/q+1. The van der Waals surface area contributed by atoms with Crippen molar-refractivity contribution >= 4 is 34.8 Å². The largest absolute Gasteiger partial charge is 0.341 e. The van der Waals surface area contributed by atoms with Crippen molar-refractivity contribution in [3.63, 3.8) is 0 Å². The average Bonchev–Trinajstić information content (AvgIpc) is 3.48. The number of nitriles is 1. The van der Waals surface area contributed by atoms with Gasteiger partial charge in [-0.25, -0.2) is 4.98 Å². The van der Waals surface area contributed by atoms with Crippen LogP contribution >= 0.6 is 0 Å². The Morgan fingerprint density at radius 1 is 1.14 bits per heavy atom. The Kier molecular flexibility index (Phi) is 4.28. The van der Waals surface area contributed by atoms with Crippen molar-refractivity contribution in [2.75, 3.05) is 18.5 Å². The molecule has 6 heteroatoms. The van der Waals surface area contributed by atoms with Crippen molar-refractivity contribution in [3.8, 4) is 6.07 Å². The highest BCUT2D eigenvalue weighted by molar-refractivity contribution is 5.90. The molecule has 1 atom stereocenters. The SMILES string of the molecule is C[N+]1=CC(c2cnc3ccc(N(CC4CC4)c4cccc(C#N)c4)cc3n2)C=N1. The van der Waals surface area contributed by atoms with Crippen molar-refractivity contribution in [2.24, 2.45) is 11.0 Å². The van der Waals surface area contributed by atoms with E-state index < -0.39 is 0 Å². The van der Waals surface area contributed by atoms with Crippen LogP contribution in [0.3, 0.4) is 0 Å². The number of hydrazone groups is 1. The van der Waals surface area contributed by atoms with E-state index in [-0.39, 0.29) is 5.92 Å². The van der Waals surface area contributed by atoms with Gasteiger partial charge in [0, 0.05) is 17.9 Å². The molecule has 1 fully saturated rings. The van der Waals surface area contributed by atoms with Crippen LogP contribution in [-0.4, -0.2) is 40.7 Å². The van der Waals surface area contributed by atoms with Crippen molar-refractivity contribution < 1.29 is 4.68 Å². The van der Waals surface area contributed by atoms with Gasteiger partial charge in [0.05, 0.1) is 40.8 Å². The van der Waals surface area contributed by atoms with E-state index in [2.05, 4.69) is 39.3 Å². The number of benzene rings is 2. The minimum absolute atomic E-state index is 0.0513. The molecule has 0 saturated heterocycles. The Labute approximate surface area is 169 Å². The summed E-state index contributed by atoms with van der Waals surface area (Å²) in [6, 6.07) is 16.3. The lowest BCUT2D eigenvalue weighted by atomic mass is 10.1. The van der Waals surface area contributed by atoms with E-state index in [1.807, 2.05) is 49.9 Å². The topological polar surface area (TPSA) is 68.2 Å². The van der Waals surface area contributed by atoms with Gasteiger partial charge < -0.3 is 4.90 Å². The van der Waals surface area contributed by atoms with E-state index in [4.69, 9.17) is 4.98 Å². The van der Waals surface area contributed by atoms with Crippen LogP contribution in [0.15, 0.2) is 53.8 Å². The second kappa shape index (κ2) is 7.10. The zero-order valence-electron chi connectivity index (χ0n) is 16.2. The third kappa shape index (κ3) is 3.59. The highest BCUT2D eigenvalue weighted by Gasteiger charge is 2.26. The van der Waals surface area contributed by atoms with Gasteiger partial charge in [0.2, 0.25) is 0 Å². The number of hydrogen-bond acceptors (Lipinski definition) is 5. The maximum Gasteiger partial charge on any atom is 0.187 e. The van der Waals surface area contributed by atoms with Crippen LogP contribution in [0.1, 0.15) is 30.0 Å². The first-order valence-electron chi connectivity index (χ1n) is 9.86. The summed E-state index contributed by atoms with van der Waals surface area (Å²) in [4.78, 5) is 11.8. The van der Waals surface area contributed by atoms with Crippen LogP contribution in [0.4, 0.5) is 11.4 Å². The fourth-order valence-corrected chi connectivity index (χ4v) is 3.64. The average molecular weight is 381 g/mol. The van der Waals surface area contributed by atoms with Gasteiger partial charge in [-0.15, -0.1) is 0 Å². The number of hydrogen-bond donors (Lipinski definition) is 0. The molecule has 2 aliphatic rings. The van der Waals surface area contributed by atoms with Gasteiger partial charge >= 0.3 is 0 Å². The Morgan fingerprint density at radius 3 is 2.76 bits per heavy atom. The van der Waals surface area contributed by atoms with Crippen molar-refractivity contribution in [1.29, 1.82) is 5.26 Å². The van der Waals surface area contributed by atoms with Crippen molar-refractivity contribution in [2.45, 2.75) is 18.8 Å². The molecule has 142 valence electrons. The first-order chi connectivity index (χ1) is 14.2. The molecule has 0 N–H and O–H groups in total. The fourth-order valence-electron chi connectivity index (χ4n) is 3.64. The number of nitrogens with zero attached hydrogens (tertiary/aromatic N) is 6. The van der Waals surface area contributed by atoms with Crippen molar-refractivity contribution in [3.05, 3.63) is 59.9 Å². The van der Waals surface area contributed by atoms with Gasteiger partial charge in [-0.3, -0.25) is 4.98 Å². The highest BCUT2D eigenvalue weighted by Crippen LogP contribution is 2.36. The Hall–Kier alpha value is -3.59. The molecular formula is C23H21N6+. The Balaban J connectivity index is 1.55. The summed E-state index contributed by atoms with van der Waals surface area (Å²) in [6.07, 6.45) is 8.25. The molecule has 0 amide bonds. The molecule has 0 spiro atoms. The monoisotopic (exact) mass is 381 g/mol. The second-order valence-electron chi connectivity index (χ2n) is 7.70. The van der Waals surface area contributed by atoms with E-state index >= 15 is 0 Å². The van der Waals surface area contributed by atoms with Crippen LogP contribution in [0.25, 0.3) is 11.0 Å². The minimum Gasteiger partial charge on any atom is -0.341 e. The van der Waals surface area contributed by atoms with Gasteiger partial charge in [0.25, 0.3) is 0 Å². The summed E-state index contributed by atoms with van der Waals surface area (Å²) in [7, 11) is 1.91. The first kappa shape index (κ1) is 17.5. The van der Waals surface area contributed by atoms with E-state index in [0.717, 1.165) is 34.6 Å². The van der Waals surface area contributed by atoms with Gasteiger partial charge in [0.15, 0.2) is 13.3 Å². The lowest BCUT2D eigenvalue weighted by Crippen LogP contribution is -2.20. The molecule has 1 aliphatic carbocycles. The van der Waals surface area contributed by atoms with E-state index in [1.165, 1.54) is 12.8 Å². The summed E-state index contributed by atoms with van der Waals surface area (Å²) in [5.74, 6) is 0.754. The summed E-state index contributed by atoms with van der Waals surface area (Å²) >= 11 is 0. The van der Waals surface area contributed by atoms with Gasteiger partial charge in [-0.2, -0.15) is 5.26 Å². The minimum atomic E-state index is 0.0513. The maximum atomic E-state index is 9.30.